The van der Waals surface area contributed by atoms with Crippen molar-refractivity contribution in [3.63, 3.8) is 0 Å². The summed E-state index contributed by atoms with van der Waals surface area (Å²) < 4.78 is 74.7. The molecule has 1 atom stereocenters. The third-order valence-corrected chi connectivity index (χ3v) is 4.74. The van der Waals surface area contributed by atoms with E-state index in [0.717, 1.165) is 13.0 Å². The van der Waals surface area contributed by atoms with Crippen molar-refractivity contribution in [2.24, 2.45) is 0 Å². The summed E-state index contributed by atoms with van der Waals surface area (Å²) in [6.45, 7) is 6.25. The van der Waals surface area contributed by atoms with Crippen molar-refractivity contribution in [1.29, 1.82) is 0 Å². The summed E-state index contributed by atoms with van der Waals surface area (Å²) in [5, 5.41) is 0. The number of ether oxygens (including phenoxy) is 2. The first kappa shape index (κ1) is 23.8. The van der Waals surface area contributed by atoms with Gasteiger partial charge in [0.15, 0.2) is 0 Å². The summed E-state index contributed by atoms with van der Waals surface area (Å²) in [5.41, 5.74) is -6.19. The van der Waals surface area contributed by atoms with E-state index in [9.17, 15) is 26.4 Å². The van der Waals surface area contributed by atoms with Gasteiger partial charge in [0.25, 0.3) is 0 Å². The summed E-state index contributed by atoms with van der Waals surface area (Å²) in [4.78, 5) is 11.7. The molecule has 0 amide bonds. The Morgan fingerprint density at radius 3 is 2.32 bits per heavy atom. The highest BCUT2D eigenvalue weighted by Gasteiger charge is 2.48. The zero-order valence-electron chi connectivity index (χ0n) is 16.0. The first-order valence-electron chi connectivity index (χ1n) is 8.46. The van der Waals surface area contributed by atoms with E-state index in [1.54, 1.807) is 45.0 Å². The Morgan fingerprint density at radius 1 is 1.18 bits per heavy atom. The molecule has 0 aliphatic rings. The minimum Gasteiger partial charge on any atom is -0.483 e. The molecule has 1 unspecified atom stereocenters. The Morgan fingerprint density at radius 2 is 1.79 bits per heavy atom. The summed E-state index contributed by atoms with van der Waals surface area (Å²) in [7, 11) is -5.77. The van der Waals surface area contributed by atoms with Crippen LogP contribution in [0.1, 0.15) is 39.7 Å². The van der Waals surface area contributed by atoms with Crippen LogP contribution in [0.3, 0.4) is 0 Å². The SMILES string of the molecule is CCOC(=O)Cc1ccccc1OC(C)(/C=C(\C)OS(=O)(=O)C(F)(F)F)CC. The lowest BCUT2D eigenvalue weighted by molar-refractivity contribution is -0.142. The lowest BCUT2D eigenvalue weighted by atomic mass is 10.0. The van der Waals surface area contributed by atoms with E-state index >= 15 is 0 Å². The lowest BCUT2D eigenvalue weighted by Crippen LogP contribution is -2.31. The molecule has 0 saturated heterocycles. The highest BCUT2D eigenvalue weighted by atomic mass is 32.2. The molecule has 10 heteroatoms. The van der Waals surface area contributed by atoms with Crippen LogP contribution in [0.5, 0.6) is 5.75 Å². The largest absolute Gasteiger partial charge is 0.534 e. The van der Waals surface area contributed by atoms with E-state index in [-0.39, 0.29) is 19.4 Å². The van der Waals surface area contributed by atoms with Gasteiger partial charge in [-0.3, -0.25) is 4.79 Å². The van der Waals surface area contributed by atoms with Gasteiger partial charge < -0.3 is 13.7 Å². The third-order valence-electron chi connectivity index (χ3n) is 3.69. The Kier molecular flexibility index (Phi) is 7.92. The second-order valence-electron chi connectivity index (χ2n) is 6.10. The van der Waals surface area contributed by atoms with Crippen LogP contribution in [-0.2, 0) is 30.3 Å². The van der Waals surface area contributed by atoms with Crippen molar-refractivity contribution < 1.29 is 40.0 Å². The normalized spacial score (nSPS) is 14.9. The predicted octanol–water partition coefficient (Wildman–Crippen LogP) is 4.11. The molecule has 1 aromatic rings. The van der Waals surface area contributed by atoms with Crippen LogP contribution in [0.25, 0.3) is 0 Å². The van der Waals surface area contributed by atoms with Crippen molar-refractivity contribution in [3.05, 3.63) is 41.7 Å². The van der Waals surface area contributed by atoms with Gasteiger partial charge in [-0.1, -0.05) is 25.1 Å². The van der Waals surface area contributed by atoms with Gasteiger partial charge >= 0.3 is 21.6 Å². The number of allylic oxidation sites excluding steroid dienone is 1. The summed E-state index contributed by atoms with van der Waals surface area (Å²) >= 11 is 0. The van der Waals surface area contributed by atoms with E-state index in [0.29, 0.717) is 11.3 Å². The summed E-state index contributed by atoms with van der Waals surface area (Å²) in [6.07, 6.45) is 1.39. The van der Waals surface area contributed by atoms with Crippen LogP contribution < -0.4 is 4.74 Å². The first-order chi connectivity index (χ1) is 12.8. The van der Waals surface area contributed by atoms with Gasteiger partial charge in [-0.2, -0.15) is 21.6 Å². The second kappa shape index (κ2) is 9.31. The Bertz CT molecular complexity index is 817. The van der Waals surface area contributed by atoms with Crippen LogP contribution in [0.2, 0.25) is 0 Å². The summed E-state index contributed by atoms with van der Waals surface area (Å²) in [6, 6.07) is 6.62. The highest BCUT2D eigenvalue weighted by molar-refractivity contribution is 7.87. The molecule has 0 fully saturated rings. The Hall–Kier alpha value is -2.23. The fourth-order valence-corrected chi connectivity index (χ4v) is 2.73. The smallest absolute Gasteiger partial charge is 0.483 e. The fourth-order valence-electron chi connectivity index (χ4n) is 2.25. The number of carbonyl (C=O) groups is 1. The Labute approximate surface area is 162 Å². The quantitative estimate of drug-likeness (QED) is 0.257. The minimum absolute atomic E-state index is 0.0501. The van der Waals surface area contributed by atoms with Crippen LogP contribution in [0, 0.1) is 0 Å². The van der Waals surface area contributed by atoms with Gasteiger partial charge in [0.05, 0.1) is 13.0 Å². The number of hydrogen-bond donors (Lipinski definition) is 0. The van der Waals surface area contributed by atoms with E-state index in [1.165, 1.54) is 0 Å². The molecule has 1 rings (SSSR count). The number of rotatable bonds is 9. The molecule has 1 aromatic carbocycles. The summed E-state index contributed by atoms with van der Waals surface area (Å²) in [5.74, 6) is -0.616. The lowest BCUT2D eigenvalue weighted by Gasteiger charge is -2.28. The van der Waals surface area contributed by atoms with Crippen LogP contribution in [0.4, 0.5) is 13.2 Å². The predicted molar refractivity (Wildman–Crippen MR) is 95.9 cm³/mol. The van der Waals surface area contributed by atoms with Crippen LogP contribution >= 0.6 is 0 Å². The van der Waals surface area contributed by atoms with Crippen LogP contribution in [-0.4, -0.2) is 32.1 Å². The molecular formula is C18H23F3O6S. The van der Waals surface area contributed by atoms with Gasteiger partial charge in [-0.05, 0) is 39.3 Å². The molecule has 0 saturated carbocycles. The molecule has 6 nitrogen and oxygen atoms in total. The highest BCUT2D eigenvalue weighted by Crippen LogP contribution is 2.30. The standard InChI is InChI=1S/C18H23F3O6S/c1-5-17(4,12-13(3)27-28(23,24)18(19,20)21)26-15-10-8-7-9-14(15)11-16(22)25-6-2/h7-10,12H,5-6,11H2,1-4H3/b13-12+. The maximum Gasteiger partial charge on any atom is 0.534 e. The molecule has 0 aliphatic carbocycles. The number of benzene rings is 1. The van der Waals surface area contributed by atoms with Gasteiger partial charge in [0, 0.05) is 5.56 Å². The number of carbonyl (C=O) groups excluding carboxylic acids is 1. The average Bonchev–Trinajstić information content (AvgIpc) is 2.55. The Balaban J connectivity index is 3.09. The molecule has 0 bridgehead atoms. The van der Waals surface area contributed by atoms with Gasteiger partial charge in [-0.15, -0.1) is 0 Å². The number of alkyl halides is 3. The zero-order chi connectivity index (χ0) is 21.6. The zero-order valence-corrected chi connectivity index (χ0v) is 16.8. The number of halogens is 3. The molecule has 0 heterocycles. The molecule has 0 radical (unpaired) electrons. The number of para-hydroxylation sites is 1. The van der Waals surface area contributed by atoms with Crippen molar-refractivity contribution in [2.45, 2.75) is 51.6 Å². The fraction of sp³-hybridized carbons (Fsp3) is 0.500. The first-order valence-corrected chi connectivity index (χ1v) is 9.87. The molecule has 28 heavy (non-hydrogen) atoms. The van der Waals surface area contributed by atoms with Gasteiger partial charge in [0.1, 0.15) is 17.1 Å². The van der Waals surface area contributed by atoms with E-state index in [2.05, 4.69) is 4.18 Å². The monoisotopic (exact) mass is 424 g/mol. The third kappa shape index (κ3) is 6.74. The van der Waals surface area contributed by atoms with Gasteiger partial charge in [-0.25, -0.2) is 0 Å². The average molecular weight is 424 g/mol. The second-order valence-corrected chi connectivity index (χ2v) is 7.63. The van der Waals surface area contributed by atoms with Crippen LogP contribution in [0.15, 0.2) is 36.1 Å². The molecular weight excluding hydrogens is 401 g/mol. The molecule has 0 aliphatic heterocycles. The minimum atomic E-state index is -5.77. The topological polar surface area (TPSA) is 78.9 Å². The van der Waals surface area contributed by atoms with Gasteiger partial charge in [0.2, 0.25) is 0 Å². The molecule has 158 valence electrons. The van der Waals surface area contributed by atoms with Crippen molar-refractivity contribution in [3.8, 4) is 5.75 Å². The van der Waals surface area contributed by atoms with E-state index in [4.69, 9.17) is 9.47 Å². The maximum absolute atomic E-state index is 12.5. The maximum atomic E-state index is 12.5. The van der Waals surface area contributed by atoms with E-state index in [1.807, 2.05) is 0 Å². The number of esters is 1. The molecule has 0 N–H and O–H groups in total. The molecule has 0 spiro atoms. The van der Waals surface area contributed by atoms with Crippen molar-refractivity contribution in [2.75, 3.05) is 6.61 Å². The van der Waals surface area contributed by atoms with Crippen molar-refractivity contribution >= 4 is 16.1 Å². The molecule has 0 aromatic heterocycles. The van der Waals surface area contributed by atoms with Crippen molar-refractivity contribution in [1.82, 2.24) is 0 Å². The number of hydrogen-bond acceptors (Lipinski definition) is 6. The van der Waals surface area contributed by atoms with E-state index < -0.39 is 33.0 Å².